The number of esters is 1. The Labute approximate surface area is 230 Å². The van der Waals surface area contributed by atoms with E-state index in [1.807, 2.05) is 18.2 Å². The van der Waals surface area contributed by atoms with Crippen molar-refractivity contribution in [2.24, 2.45) is 4.99 Å². The Hall–Kier alpha value is -3.83. The molecular formula is C28H32N4O6S. The van der Waals surface area contributed by atoms with E-state index >= 15 is 0 Å². The minimum Gasteiger partial charge on any atom is -0.493 e. The van der Waals surface area contributed by atoms with Crippen LogP contribution in [0.1, 0.15) is 31.2 Å². The van der Waals surface area contributed by atoms with Gasteiger partial charge in [0.15, 0.2) is 22.2 Å². The fourth-order valence-electron chi connectivity index (χ4n) is 4.88. The van der Waals surface area contributed by atoms with Crippen molar-refractivity contribution in [3.8, 4) is 11.5 Å². The van der Waals surface area contributed by atoms with Crippen molar-refractivity contribution >= 4 is 29.3 Å². The van der Waals surface area contributed by atoms with Crippen LogP contribution in [0.4, 0.5) is 5.88 Å². The number of thiazole rings is 1. The predicted molar refractivity (Wildman–Crippen MR) is 148 cm³/mol. The van der Waals surface area contributed by atoms with Crippen LogP contribution >= 0.6 is 11.3 Å². The summed E-state index contributed by atoms with van der Waals surface area (Å²) >= 11 is 1.25. The van der Waals surface area contributed by atoms with Gasteiger partial charge in [0.05, 0.1) is 42.7 Å². The summed E-state index contributed by atoms with van der Waals surface area (Å²) in [5.74, 6) is 1.88. The lowest BCUT2D eigenvalue weighted by Gasteiger charge is -2.32. The average Bonchev–Trinajstić information content (AvgIpc) is 3.52. The first kappa shape index (κ1) is 26.8. The highest BCUT2D eigenvalue weighted by molar-refractivity contribution is 7.07. The van der Waals surface area contributed by atoms with Crippen molar-refractivity contribution in [2.45, 2.75) is 19.9 Å². The number of benzene rings is 1. The summed E-state index contributed by atoms with van der Waals surface area (Å²) < 4.78 is 24.4. The molecule has 1 aromatic carbocycles. The molecule has 3 aromatic rings. The first-order valence-corrected chi connectivity index (χ1v) is 13.6. The molecule has 1 saturated heterocycles. The van der Waals surface area contributed by atoms with Crippen molar-refractivity contribution in [3.63, 3.8) is 0 Å². The van der Waals surface area contributed by atoms with Gasteiger partial charge in [-0.15, -0.1) is 0 Å². The van der Waals surface area contributed by atoms with Gasteiger partial charge in [0, 0.05) is 38.3 Å². The highest BCUT2D eigenvalue weighted by Crippen LogP contribution is 2.36. The summed E-state index contributed by atoms with van der Waals surface area (Å²) in [5.41, 5.74) is 1.20. The molecule has 0 spiro atoms. The number of carbonyl (C=O) groups is 1. The minimum atomic E-state index is -0.750. The topological polar surface area (TPSA) is 98.7 Å². The lowest BCUT2D eigenvalue weighted by Crippen LogP contribution is -2.44. The van der Waals surface area contributed by atoms with E-state index in [1.54, 1.807) is 50.8 Å². The number of rotatable bonds is 7. The number of aromatic nitrogens is 1. The van der Waals surface area contributed by atoms with Crippen molar-refractivity contribution in [1.82, 2.24) is 9.47 Å². The summed E-state index contributed by atoms with van der Waals surface area (Å²) in [6.45, 7) is 7.40. The zero-order chi connectivity index (χ0) is 27.7. The lowest BCUT2D eigenvalue weighted by atomic mass is 9.95. The van der Waals surface area contributed by atoms with Gasteiger partial charge < -0.3 is 28.4 Å². The molecule has 206 valence electrons. The highest BCUT2D eigenvalue weighted by atomic mass is 32.1. The molecule has 1 fully saturated rings. The molecule has 5 rings (SSSR count). The standard InChI is InChI=1S/C28H32N4O6S/c1-6-37-27(34)24-17(2)29-28-32(25(24)18-7-9-20(35-4)21(15-18)36-5)26(33)22(39-28)16-19-8-10-23(38-19)31-13-11-30(3)12-14-31/h7-10,15-16,25H,6,11-14H2,1-5H3/t25-/m0/s1. The number of fused-ring (bicyclic) bond motifs is 1. The van der Waals surface area contributed by atoms with Crippen LogP contribution in [0.15, 0.2) is 55.8 Å². The van der Waals surface area contributed by atoms with E-state index in [0.29, 0.717) is 43.4 Å². The summed E-state index contributed by atoms with van der Waals surface area (Å²) in [6, 6.07) is 8.39. The SMILES string of the molecule is CCOC(=O)C1=C(C)N=c2sc(=Cc3ccc(N4CCN(C)CC4)o3)c(=O)n2[C@H]1c1ccc(OC)c(OC)c1. The van der Waals surface area contributed by atoms with Crippen molar-refractivity contribution in [3.05, 3.63) is 72.6 Å². The van der Waals surface area contributed by atoms with Gasteiger partial charge in [-0.3, -0.25) is 9.36 Å². The third-order valence-corrected chi connectivity index (χ3v) is 7.92. The fraction of sp³-hybridized carbons (Fsp3) is 0.393. The largest absolute Gasteiger partial charge is 0.493 e. The molecule has 2 aliphatic heterocycles. The summed E-state index contributed by atoms with van der Waals surface area (Å²) in [4.78, 5) is 36.6. The molecule has 39 heavy (non-hydrogen) atoms. The molecule has 2 aromatic heterocycles. The summed E-state index contributed by atoms with van der Waals surface area (Å²) in [5, 5.41) is 0. The van der Waals surface area contributed by atoms with Crippen molar-refractivity contribution in [2.75, 3.05) is 59.0 Å². The zero-order valence-corrected chi connectivity index (χ0v) is 23.5. The maximum absolute atomic E-state index is 13.9. The van der Waals surface area contributed by atoms with Crippen LogP contribution < -0.4 is 29.3 Å². The number of hydrogen-bond donors (Lipinski definition) is 0. The van der Waals surface area contributed by atoms with Crippen LogP contribution in [0, 0.1) is 0 Å². The molecule has 0 radical (unpaired) electrons. The Morgan fingerprint density at radius 1 is 1.13 bits per heavy atom. The first-order valence-electron chi connectivity index (χ1n) is 12.8. The van der Waals surface area contributed by atoms with Crippen molar-refractivity contribution in [1.29, 1.82) is 0 Å². The number of allylic oxidation sites excluding steroid dienone is 1. The predicted octanol–water partition coefficient (Wildman–Crippen LogP) is 2.16. The second-order valence-corrected chi connectivity index (χ2v) is 10.4. The molecule has 0 aliphatic carbocycles. The normalized spacial score (nSPS) is 18.1. The first-order chi connectivity index (χ1) is 18.8. The Balaban J connectivity index is 1.60. The third-order valence-electron chi connectivity index (χ3n) is 6.94. The summed E-state index contributed by atoms with van der Waals surface area (Å²) in [7, 11) is 5.20. The van der Waals surface area contributed by atoms with E-state index in [-0.39, 0.29) is 12.2 Å². The molecule has 0 bridgehead atoms. The van der Waals surface area contributed by atoms with Crippen LogP contribution in [0.3, 0.4) is 0 Å². The van der Waals surface area contributed by atoms with E-state index in [2.05, 4.69) is 21.8 Å². The van der Waals surface area contributed by atoms with Crippen LogP contribution in [0.25, 0.3) is 6.08 Å². The van der Waals surface area contributed by atoms with E-state index in [9.17, 15) is 9.59 Å². The molecule has 0 unspecified atom stereocenters. The molecule has 0 amide bonds. The number of furan rings is 1. The van der Waals surface area contributed by atoms with Gasteiger partial charge >= 0.3 is 5.97 Å². The Bertz CT molecular complexity index is 1590. The minimum absolute atomic E-state index is 0.201. The Morgan fingerprint density at radius 3 is 2.56 bits per heavy atom. The van der Waals surface area contributed by atoms with Gasteiger partial charge in [-0.1, -0.05) is 17.4 Å². The molecule has 10 nitrogen and oxygen atoms in total. The number of piperazine rings is 1. The van der Waals surface area contributed by atoms with Crippen LogP contribution in [-0.4, -0.2) is 69.5 Å². The van der Waals surface area contributed by atoms with Gasteiger partial charge in [0.2, 0.25) is 0 Å². The smallest absolute Gasteiger partial charge is 0.338 e. The van der Waals surface area contributed by atoms with Crippen LogP contribution in [0.2, 0.25) is 0 Å². The molecule has 0 saturated carbocycles. The van der Waals surface area contributed by atoms with Gasteiger partial charge in [-0.05, 0) is 44.7 Å². The van der Waals surface area contributed by atoms with Crippen LogP contribution in [0.5, 0.6) is 11.5 Å². The van der Waals surface area contributed by atoms with Crippen molar-refractivity contribution < 1.29 is 23.4 Å². The molecule has 1 atom stereocenters. The zero-order valence-electron chi connectivity index (χ0n) is 22.7. The number of carbonyl (C=O) groups excluding carboxylic acids is 1. The van der Waals surface area contributed by atoms with Gasteiger partial charge in [0.25, 0.3) is 5.56 Å². The maximum atomic E-state index is 13.9. The quantitative estimate of drug-likeness (QED) is 0.412. The molecule has 11 heteroatoms. The fourth-order valence-corrected chi connectivity index (χ4v) is 5.90. The lowest BCUT2D eigenvalue weighted by molar-refractivity contribution is -0.139. The van der Waals surface area contributed by atoms with E-state index in [1.165, 1.54) is 11.3 Å². The molecule has 2 aliphatic rings. The van der Waals surface area contributed by atoms with Gasteiger partial charge in [0.1, 0.15) is 5.76 Å². The van der Waals surface area contributed by atoms with Gasteiger partial charge in [-0.2, -0.15) is 0 Å². The number of likely N-dealkylation sites (N-methyl/N-ethyl adjacent to an activating group) is 1. The summed E-state index contributed by atoms with van der Waals surface area (Å²) in [6.07, 6.45) is 1.73. The third kappa shape index (κ3) is 5.11. The van der Waals surface area contributed by atoms with E-state index in [4.69, 9.17) is 18.6 Å². The number of nitrogens with zero attached hydrogens (tertiary/aromatic N) is 4. The molecule has 4 heterocycles. The monoisotopic (exact) mass is 552 g/mol. The number of hydrogen-bond acceptors (Lipinski definition) is 10. The molecular weight excluding hydrogens is 520 g/mol. The van der Waals surface area contributed by atoms with Crippen LogP contribution in [-0.2, 0) is 9.53 Å². The second kappa shape index (κ2) is 11.1. The van der Waals surface area contributed by atoms with Gasteiger partial charge in [-0.25, -0.2) is 9.79 Å². The Morgan fingerprint density at radius 2 is 1.87 bits per heavy atom. The molecule has 0 N–H and O–H groups in total. The second-order valence-electron chi connectivity index (χ2n) is 9.38. The highest BCUT2D eigenvalue weighted by Gasteiger charge is 2.34. The Kier molecular flexibility index (Phi) is 7.62. The number of ether oxygens (including phenoxy) is 3. The van der Waals surface area contributed by atoms with E-state index in [0.717, 1.165) is 32.1 Å². The van der Waals surface area contributed by atoms with E-state index < -0.39 is 12.0 Å². The number of anilines is 1. The average molecular weight is 553 g/mol. The maximum Gasteiger partial charge on any atom is 0.338 e. The number of methoxy groups -OCH3 is 2.